The molecule has 6 heteroatoms. The molecule has 0 aliphatic carbocycles. The fourth-order valence-electron chi connectivity index (χ4n) is 2.53. The van der Waals surface area contributed by atoms with Crippen LogP contribution >= 0.6 is 11.6 Å². The van der Waals surface area contributed by atoms with Gasteiger partial charge in [0.1, 0.15) is 5.82 Å². The zero-order valence-corrected chi connectivity index (χ0v) is 12.3. The lowest BCUT2D eigenvalue weighted by Gasteiger charge is -2.27. The largest absolute Gasteiger partial charge is 0.391 e. The Labute approximate surface area is 122 Å². The van der Waals surface area contributed by atoms with E-state index in [0.717, 1.165) is 6.07 Å². The first-order valence-electron chi connectivity index (χ1n) is 6.47. The van der Waals surface area contributed by atoms with Gasteiger partial charge in [0.05, 0.1) is 11.1 Å². The highest BCUT2D eigenvalue weighted by molar-refractivity contribution is 6.30. The van der Waals surface area contributed by atoms with Crippen molar-refractivity contribution in [3.63, 3.8) is 0 Å². The number of hydrogen-bond acceptors (Lipinski definition) is 3. The van der Waals surface area contributed by atoms with Gasteiger partial charge >= 0.3 is 0 Å². The average Bonchev–Trinajstić information content (AvgIpc) is 2.72. The van der Waals surface area contributed by atoms with Crippen molar-refractivity contribution in [1.29, 1.82) is 0 Å². The number of benzene rings is 1. The molecule has 0 spiro atoms. The number of amides is 1. The van der Waals surface area contributed by atoms with E-state index >= 15 is 0 Å². The standard InChI is InChI=1S/C14H18ClFN2O2/c1-17(2)7-10-6-11(19)8-18(10)14(20)9-3-4-12(15)13(16)5-9/h3-5,10-11,19H,6-8H2,1-2H3. The summed E-state index contributed by atoms with van der Waals surface area (Å²) in [7, 11) is 3.82. The second kappa shape index (κ2) is 6.08. The Balaban J connectivity index is 2.19. The number of rotatable bonds is 3. The third-order valence-electron chi connectivity index (χ3n) is 3.40. The van der Waals surface area contributed by atoms with Gasteiger partial charge in [-0.3, -0.25) is 4.79 Å². The van der Waals surface area contributed by atoms with Gasteiger partial charge in [0, 0.05) is 24.7 Å². The molecule has 0 saturated carbocycles. The van der Waals surface area contributed by atoms with Gasteiger partial charge in [-0.15, -0.1) is 0 Å². The van der Waals surface area contributed by atoms with E-state index < -0.39 is 11.9 Å². The number of likely N-dealkylation sites (N-methyl/N-ethyl adjacent to an activating group) is 1. The topological polar surface area (TPSA) is 43.8 Å². The summed E-state index contributed by atoms with van der Waals surface area (Å²) < 4.78 is 13.5. The van der Waals surface area contributed by atoms with Crippen LogP contribution in [0.2, 0.25) is 5.02 Å². The zero-order valence-electron chi connectivity index (χ0n) is 11.5. The fraction of sp³-hybridized carbons (Fsp3) is 0.500. The molecule has 1 N–H and O–H groups in total. The zero-order chi connectivity index (χ0) is 14.9. The number of β-amino-alcohol motifs (C(OH)–C–C–N with tert-alkyl or cyclic N) is 1. The molecule has 1 aromatic carbocycles. The van der Waals surface area contributed by atoms with Gasteiger partial charge in [-0.25, -0.2) is 4.39 Å². The number of aliphatic hydroxyl groups is 1. The smallest absolute Gasteiger partial charge is 0.254 e. The van der Waals surface area contributed by atoms with E-state index in [-0.39, 0.29) is 29.1 Å². The van der Waals surface area contributed by atoms with Gasteiger partial charge in [0.15, 0.2) is 0 Å². The number of hydrogen-bond donors (Lipinski definition) is 1. The van der Waals surface area contributed by atoms with Crippen LogP contribution in [-0.2, 0) is 0 Å². The van der Waals surface area contributed by atoms with E-state index in [4.69, 9.17) is 11.6 Å². The highest BCUT2D eigenvalue weighted by atomic mass is 35.5. The molecule has 1 aliphatic heterocycles. The molecule has 2 rings (SSSR count). The predicted octanol–water partition coefficient (Wildman–Crippen LogP) is 1.62. The molecule has 0 bridgehead atoms. The van der Waals surface area contributed by atoms with Crippen LogP contribution in [-0.4, -0.2) is 60.1 Å². The first-order chi connectivity index (χ1) is 9.38. The van der Waals surface area contributed by atoms with E-state index in [2.05, 4.69) is 0 Å². The lowest BCUT2D eigenvalue weighted by atomic mass is 10.1. The normalized spacial score (nSPS) is 22.6. The number of halogens is 2. The Hall–Kier alpha value is -1.17. The summed E-state index contributed by atoms with van der Waals surface area (Å²) in [6.45, 7) is 0.945. The van der Waals surface area contributed by atoms with Crippen LogP contribution in [0.25, 0.3) is 0 Å². The summed E-state index contributed by atoms with van der Waals surface area (Å²) in [5.41, 5.74) is 0.254. The maximum absolute atomic E-state index is 13.5. The summed E-state index contributed by atoms with van der Waals surface area (Å²) in [6.07, 6.45) is 0.0149. The monoisotopic (exact) mass is 300 g/mol. The fourth-order valence-corrected chi connectivity index (χ4v) is 2.65. The maximum atomic E-state index is 13.5. The number of likely N-dealkylation sites (tertiary alicyclic amines) is 1. The molecule has 1 amide bonds. The van der Waals surface area contributed by atoms with Crippen molar-refractivity contribution >= 4 is 17.5 Å². The van der Waals surface area contributed by atoms with Crippen molar-refractivity contribution in [2.45, 2.75) is 18.6 Å². The van der Waals surface area contributed by atoms with Gasteiger partial charge in [0.25, 0.3) is 5.91 Å². The Morgan fingerprint density at radius 1 is 1.55 bits per heavy atom. The lowest BCUT2D eigenvalue weighted by molar-refractivity contribution is 0.0698. The van der Waals surface area contributed by atoms with Crippen molar-refractivity contribution in [3.8, 4) is 0 Å². The molecule has 1 aliphatic rings. The molecule has 4 nitrogen and oxygen atoms in total. The van der Waals surface area contributed by atoms with Crippen LogP contribution in [0.4, 0.5) is 4.39 Å². The Bertz CT molecular complexity index is 510. The van der Waals surface area contributed by atoms with Gasteiger partial charge in [-0.1, -0.05) is 11.6 Å². The number of aliphatic hydroxyl groups excluding tert-OH is 1. The van der Waals surface area contributed by atoms with Gasteiger partial charge in [-0.05, 0) is 38.7 Å². The van der Waals surface area contributed by atoms with Crippen molar-refractivity contribution in [2.24, 2.45) is 0 Å². The summed E-state index contributed by atoms with van der Waals surface area (Å²) in [5.74, 6) is -0.884. The van der Waals surface area contributed by atoms with Crippen LogP contribution in [0.5, 0.6) is 0 Å². The first-order valence-corrected chi connectivity index (χ1v) is 6.85. The van der Waals surface area contributed by atoms with Gasteiger partial charge in [0.2, 0.25) is 0 Å². The van der Waals surface area contributed by atoms with E-state index in [9.17, 15) is 14.3 Å². The molecule has 2 unspecified atom stereocenters. The first kappa shape index (κ1) is 15.2. The molecule has 110 valence electrons. The van der Waals surface area contributed by atoms with Crippen LogP contribution < -0.4 is 0 Å². The molecular formula is C14H18ClFN2O2. The number of carbonyl (C=O) groups is 1. The molecule has 20 heavy (non-hydrogen) atoms. The van der Waals surface area contributed by atoms with E-state index in [1.807, 2.05) is 19.0 Å². The molecule has 0 radical (unpaired) electrons. The molecule has 2 atom stereocenters. The predicted molar refractivity (Wildman–Crippen MR) is 75.4 cm³/mol. The third-order valence-corrected chi connectivity index (χ3v) is 3.70. The highest BCUT2D eigenvalue weighted by Crippen LogP contribution is 2.23. The van der Waals surface area contributed by atoms with E-state index in [0.29, 0.717) is 13.0 Å². The Morgan fingerprint density at radius 3 is 2.85 bits per heavy atom. The van der Waals surface area contributed by atoms with E-state index in [1.54, 1.807) is 4.90 Å². The molecule has 1 heterocycles. The highest BCUT2D eigenvalue weighted by Gasteiger charge is 2.35. The van der Waals surface area contributed by atoms with Crippen molar-refractivity contribution in [2.75, 3.05) is 27.2 Å². The summed E-state index contributed by atoms with van der Waals surface area (Å²) in [5, 5.41) is 9.76. The lowest BCUT2D eigenvalue weighted by Crippen LogP contribution is -2.41. The minimum Gasteiger partial charge on any atom is -0.391 e. The molecule has 1 saturated heterocycles. The van der Waals surface area contributed by atoms with E-state index in [1.165, 1.54) is 12.1 Å². The number of nitrogens with zero attached hydrogens (tertiary/aromatic N) is 2. The quantitative estimate of drug-likeness (QED) is 0.922. The van der Waals surface area contributed by atoms with Crippen molar-refractivity contribution < 1.29 is 14.3 Å². The van der Waals surface area contributed by atoms with Crippen molar-refractivity contribution in [3.05, 3.63) is 34.6 Å². The Kier molecular flexibility index (Phi) is 4.62. The minimum atomic E-state index is -0.610. The van der Waals surface area contributed by atoms with Crippen LogP contribution in [0.1, 0.15) is 16.8 Å². The molecule has 1 aromatic rings. The van der Waals surface area contributed by atoms with Gasteiger partial charge in [-0.2, -0.15) is 0 Å². The maximum Gasteiger partial charge on any atom is 0.254 e. The molecule has 1 fully saturated rings. The second-order valence-electron chi connectivity index (χ2n) is 5.39. The van der Waals surface area contributed by atoms with Crippen LogP contribution in [0, 0.1) is 5.82 Å². The molecular weight excluding hydrogens is 283 g/mol. The van der Waals surface area contributed by atoms with Crippen LogP contribution in [0.3, 0.4) is 0 Å². The average molecular weight is 301 g/mol. The minimum absolute atomic E-state index is 0.00662. The van der Waals surface area contributed by atoms with Crippen LogP contribution in [0.15, 0.2) is 18.2 Å². The van der Waals surface area contributed by atoms with Gasteiger partial charge < -0.3 is 14.9 Å². The third kappa shape index (κ3) is 3.29. The second-order valence-corrected chi connectivity index (χ2v) is 5.80. The molecule has 0 aromatic heterocycles. The summed E-state index contributed by atoms with van der Waals surface area (Å²) in [6, 6.07) is 3.96. The summed E-state index contributed by atoms with van der Waals surface area (Å²) >= 11 is 5.62. The number of carbonyl (C=O) groups excluding carboxylic acids is 1. The summed E-state index contributed by atoms with van der Waals surface area (Å²) in [4.78, 5) is 16.0. The SMILES string of the molecule is CN(C)CC1CC(O)CN1C(=O)c1ccc(Cl)c(F)c1. The van der Waals surface area contributed by atoms with Crippen molar-refractivity contribution in [1.82, 2.24) is 9.80 Å². The Morgan fingerprint density at radius 2 is 2.25 bits per heavy atom.